The first-order valence-corrected chi connectivity index (χ1v) is 8.11. The van der Waals surface area contributed by atoms with E-state index < -0.39 is 0 Å². The molecule has 122 valence electrons. The third kappa shape index (κ3) is 2.62. The summed E-state index contributed by atoms with van der Waals surface area (Å²) in [5.41, 5.74) is 0.602. The molecule has 0 N–H and O–H groups in total. The minimum absolute atomic E-state index is 0.0183. The number of fused-ring (bicyclic) bond motifs is 1. The highest BCUT2D eigenvalue weighted by Crippen LogP contribution is 2.39. The molecule has 1 saturated heterocycles. The fourth-order valence-corrected chi connectivity index (χ4v) is 3.24. The van der Waals surface area contributed by atoms with Crippen molar-refractivity contribution in [3.63, 3.8) is 0 Å². The van der Waals surface area contributed by atoms with Crippen molar-refractivity contribution < 1.29 is 19.1 Å². The quantitative estimate of drug-likeness (QED) is 0.826. The SMILES string of the molecule is CC1CC1C(=O)N1CCN(C(=O)c2ccc3c(c2)OCO3)CC1. The third-order valence-electron chi connectivity index (χ3n) is 4.92. The molecular weight excluding hydrogens is 296 g/mol. The number of ether oxygens (including phenoxy) is 2. The Morgan fingerprint density at radius 3 is 2.39 bits per heavy atom. The molecular formula is C17H20N2O4. The van der Waals surface area contributed by atoms with Crippen LogP contribution in [0.2, 0.25) is 0 Å². The van der Waals surface area contributed by atoms with Crippen molar-refractivity contribution in [1.82, 2.24) is 9.80 Å². The molecule has 1 aromatic rings. The maximum Gasteiger partial charge on any atom is 0.254 e. The zero-order valence-electron chi connectivity index (χ0n) is 13.2. The molecule has 23 heavy (non-hydrogen) atoms. The van der Waals surface area contributed by atoms with Gasteiger partial charge in [0.25, 0.3) is 5.91 Å². The Hall–Kier alpha value is -2.24. The van der Waals surface area contributed by atoms with Gasteiger partial charge in [0.1, 0.15) is 0 Å². The highest BCUT2D eigenvalue weighted by Gasteiger charge is 2.42. The lowest BCUT2D eigenvalue weighted by molar-refractivity contribution is -0.134. The molecule has 0 spiro atoms. The van der Waals surface area contributed by atoms with Crippen molar-refractivity contribution in [2.75, 3.05) is 33.0 Å². The Labute approximate surface area is 134 Å². The lowest BCUT2D eigenvalue weighted by Crippen LogP contribution is -2.51. The molecule has 2 unspecified atom stereocenters. The molecule has 6 heteroatoms. The molecule has 2 heterocycles. The van der Waals surface area contributed by atoms with E-state index in [1.54, 1.807) is 23.1 Å². The van der Waals surface area contributed by atoms with E-state index in [-0.39, 0.29) is 24.5 Å². The fourth-order valence-electron chi connectivity index (χ4n) is 3.24. The average Bonchev–Trinajstić information content (AvgIpc) is 3.12. The van der Waals surface area contributed by atoms with E-state index in [9.17, 15) is 9.59 Å². The monoisotopic (exact) mass is 316 g/mol. The first-order chi connectivity index (χ1) is 11.1. The van der Waals surface area contributed by atoms with E-state index in [0.29, 0.717) is 49.2 Å². The third-order valence-corrected chi connectivity index (χ3v) is 4.92. The lowest BCUT2D eigenvalue weighted by atomic mass is 10.1. The van der Waals surface area contributed by atoms with Crippen LogP contribution in [0.5, 0.6) is 11.5 Å². The molecule has 1 aromatic carbocycles. The molecule has 2 atom stereocenters. The number of amides is 2. The van der Waals surface area contributed by atoms with Crippen LogP contribution in [0.4, 0.5) is 0 Å². The number of rotatable bonds is 2. The summed E-state index contributed by atoms with van der Waals surface area (Å²) in [4.78, 5) is 28.5. The minimum atomic E-state index is -0.0183. The summed E-state index contributed by atoms with van der Waals surface area (Å²) < 4.78 is 10.6. The predicted molar refractivity (Wildman–Crippen MR) is 82.3 cm³/mol. The van der Waals surface area contributed by atoms with Crippen LogP contribution < -0.4 is 9.47 Å². The lowest BCUT2D eigenvalue weighted by Gasteiger charge is -2.35. The first kappa shape index (κ1) is 14.4. The zero-order valence-corrected chi connectivity index (χ0v) is 13.2. The molecule has 1 aliphatic carbocycles. The van der Waals surface area contributed by atoms with Crippen LogP contribution in [0, 0.1) is 11.8 Å². The molecule has 0 radical (unpaired) electrons. The van der Waals surface area contributed by atoms with E-state index in [2.05, 4.69) is 6.92 Å². The highest BCUT2D eigenvalue weighted by atomic mass is 16.7. The van der Waals surface area contributed by atoms with Crippen molar-refractivity contribution >= 4 is 11.8 Å². The van der Waals surface area contributed by atoms with Crippen molar-refractivity contribution in [1.29, 1.82) is 0 Å². The number of hydrogen-bond acceptors (Lipinski definition) is 4. The van der Waals surface area contributed by atoms with Gasteiger partial charge in [0.05, 0.1) is 0 Å². The second kappa shape index (κ2) is 5.44. The van der Waals surface area contributed by atoms with E-state index in [1.807, 2.05) is 4.90 Å². The van der Waals surface area contributed by atoms with Crippen LogP contribution in [0.25, 0.3) is 0 Å². The maximum atomic E-state index is 12.6. The van der Waals surface area contributed by atoms with Gasteiger partial charge in [-0.15, -0.1) is 0 Å². The molecule has 0 aromatic heterocycles. The van der Waals surface area contributed by atoms with Gasteiger partial charge in [-0.05, 0) is 30.5 Å². The van der Waals surface area contributed by atoms with Gasteiger partial charge in [-0.2, -0.15) is 0 Å². The van der Waals surface area contributed by atoms with Gasteiger partial charge in [-0.1, -0.05) is 6.92 Å². The molecule has 2 amide bonds. The molecule has 2 fully saturated rings. The maximum absolute atomic E-state index is 12.6. The average molecular weight is 316 g/mol. The van der Waals surface area contributed by atoms with Gasteiger partial charge >= 0.3 is 0 Å². The second-order valence-electron chi connectivity index (χ2n) is 6.51. The first-order valence-electron chi connectivity index (χ1n) is 8.11. The van der Waals surface area contributed by atoms with Crippen molar-refractivity contribution in [3.05, 3.63) is 23.8 Å². The van der Waals surface area contributed by atoms with Crippen LogP contribution >= 0.6 is 0 Å². The normalized spacial score (nSPS) is 25.4. The summed E-state index contributed by atoms with van der Waals surface area (Å²) >= 11 is 0. The van der Waals surface area contributed by atoms with Crippen LogP contribution in [-0.4, -0.2) is 54.6 Å². The van der Waals surface area contributed by atoms with Gasteiger partial charge in [-0.3, -0.25) is 9.59 Å². The fraction of sp³-hybridized carbons (Fsp3) is 0.529. The molecule has 3 aliphatic rings. The number of piperazine rings is 1. The summed E-state index contributed by atoms with van der Waals surface area (Å²) in [5.74, 6) is 2.27. The van der Waals surface area contributed by atoms with Crippen LogP contribution in [0.1, 0.15) is 23.7 Å². The van der Waals surface area contributed by atoms with Crippen LogP contribution in [0.3, 0.4) is 0 Å². The predicted octanol–water partition coefficient (Wildman–Crippen LogP) is 1.36. The molecule has 4 rings (SSSR count). The second-order valence-corrected chi connectivity index (χ2v) is 6.51. The Morgan fingerprint density at radius 2 is 1.70 bits per heavy atom. The Kier molecular flexibility index (Phi) is 3.39. The number of nitrogens with zero attached hydrogens (tertiary/aromatic N) is 2. The summed E-state index contributed by atoms with van der Waals surface area (Å²) in [7, 11) is 0. The van der Waals surface area contributed by atoms with E-state index in [4.69, 9.17) is 9.47 Å². The molecule has 0 bridgehead atoms. The Balaban J connectivity index is 1.38. The molecule has 2 aliphatic heterocycles. The highest BCUT2D eigenvalue weighted by molar-refractivity contribution is 5.95. The summed E-state index contributed by atoms with van der Waals surface area (Å²) in [5, 5.41) is 0. The standard InChI is InChI=1S/C17H20N2O4/c1-11-8-13(11)17(21)19-6-4-18(5-7-19)16(20)12-2-3-14-15(9-12)23-10-22-14/h2-3,9,11,13H,4-8,10H2,1H3. The topological polar surface area (TPSA) is 59.1 Å². The summed E-state index contributed by atoms with van der Waals surface area (Å²) in [6, 6.07) is 5.26. The van der Waals surface area contributed by atoms with Gasteiger partial charge in [-0.25, -0.2) is 0 Å². The van der Waals surface area contributed by atoms with E-state index >= 15 is 0 Å². The van der Waals surface area contributed by atoms with Crippen molar-refractivity contribution in [2.24, 2.45) is 11.8 Å². The van der Waals surface area contributed by atoms with E-state index in [0.717, 1.165) is 6.42 Å². The van der Waals surface area contributed by atoms with Crippen LogP contribution in [0.15, 0.2) is 18.2 Å². The van der Waals surface area contributed by atoms with Crippen LogP contribution in [-0.2, 0) is 4.79 Å². The van der Waals surface area contributed by atoms with E-state index in [1.165, 1.54) is 0 Å². The molecule has 6 nitrogen and oxygen atoms in total. The Bertz CT molecular complexity index is 652. The van der Waals surface area contributed by atoms with Gasteiger partial charge in [0.15, 0.2) is 11.5 Å². The van der Waals surface area contributed by atoms with Gasteiger partial charge < -0.3 is 19.3 Å². The van der Waals surface area contributed by atoms with Gasteiger partial charge in [0.2, 0.25) is 12.7 Å². The number of benzene rings is 1. The summed E-state index contributed by atoms with van der Waals surface area (Å²) in [6.45, 7) is 4.73. The Morgan fingerprint density at radius 1 is 1.04 bits per heavy atom. The minimum Gasteiger partial charge on any atom is -0.454 e. The summed E-state index contributed by atoms with van der Waals surface area (Å²) in [6.07, 6.45) is 1.01. The number of hydrogen-bond donors (Lipinski definition) is 0. The largest absolute Gasteiger partial charge is 0.454 e. The van der Waals surface area contributed by atoms with Gasteiger partial charge in [0, 0.05) is 37.7 Å². The number of carbonyl (C=O) groups excluding carboxylic acids is 2. The smallest absolute Gasteiger partial charge is 0.254 e. The molecule has 1 saturated carbocycles. The number of carbonyl (C=O) groups is 2. The van der Waals surface area contributed by atoms with Crippen molar-refractivity contribution in [2.45, 2.75) is 13.3 Å². The zero-order chi connectivity index (χ0) is 16.0. The van der Waals surface area contributed by atoms with Crippen molar-refractivity contribution in [3.8, 4) is 11.5 Å².